The molecule has 0 aliphatic carbocycles. The topological polar surface area (TPSA) is 78.0 Å². The first-order valence-electron chi connectivity index (χ1n) is 8.28. The average molecular weight is 390 g/mol. The second kappa shape index (κ2) is 7.59. The zero-order valence-corrected chi connectivity index (χ0v) is 16.4. The van der Waals surface area contributed by atoms with E-state index >= 15 is 0 Å². The number of nitro groups is 1. The van der Waals surface area contributed by atoms with Crippen molar-refractivity contribution in [3.8, 4) is 0 Å². The van der Waals surface area contributed by atoms with Crippen LogP contribution in [0.1, 0.15) is 35.1 Å². The molecule has 0 saturated heterocycles. The highest BCUT2D eigenvalue weighted by molar-refractivity contribution is 8.01. The lowest BCUT2D eigenvalue weighted by molar-refractivity contribution is -0.384. The van der Waals surface area contributed by atoms with Gasteiger partial charge in [-0.1, -0.05) is 18.7 Å². The lowest BCUT2D eigenvalue weighted by atomic mass is 10.2. The van der Waals surface area contributed by atoms with Gasteiger partial charge < -0.3 is 4.57 Å². The Labute approximate surface area is 159 Å². The molecule has 3 rings (SSSR count). The fourth-order valence-electron chi connectivity index (χ4n) is 2.92. The predicted molar refractivity (Wildman–Crippen MR) is 106 cm³/mol. The van der Waals surface area contributed by atoms with Gasteiger partial charge in [0.1, 0.15) is 0 Å². The van der Waals surface area contributed by atoms with E-state index in [2.05, 4.69) is 16.5 Å². The summed E-state index contributed by atoms with van der Waals surface area (Å²) in [4.78, 5) is 27.5. The largest absolute Gasteiger partial charge is 0.348 e. The molecule has 0 amide bonds. The number of Topliss-reactive ketones (excluding diaryl/α,β-unsaturated/α-hetero) is 1. The minimum atomic E-state index is -0.415. The van der Waals surface area contributed by atoms with Crippen molar-refractivity contribution >= 4 is 44.8 Å². The molecule has 2 aromatic heterocycles. The van der Waals surface area contributed by atoms with E-state index in [1.807, 2.05) is 19.9 Å². The van der Waals surface area contributed by atoms with Gasteiger partial charge in [-0.25, -0.2) is 4.98 Å². The van der Waals surface area contributed by atoms with Crippen LogP contribution < -0.4 is 0 Å². The summed E-state index contributed by atoms with van der Waals surface area (Å²) in [5.41, 5.74) is 3.65. The molecule has 2 heterocycles. The number of rotatable bonds is 7. The van der Waals surface area contributed by atoms with Crippen LogP contribution in [-0.4, -0.2) is 26.0 Å². The fraction of sp³-hybridized carbons (Fsp3) is 0.333. The lowest BCUT2D eigenvalue weighted by Gasteiger charge is -2.07. The monoisotopic (exact) mass is 389 g/mol. The van der Waals surface area contributed by atoms with E-state index in [9.17, 15) is 14.9 Å². The maximum absolute atomic E-state index is 12.6. The van der Waals surface area contributed by atoms with Crippen molar-refractivity contribution < 1.29 is 9.72 Å². The van der Waals surface area contributed by atoms with Crippen molar-refractivity contribution in [1.29, 1.82) is 0 Å². The lowest BCUT2D eigenvalue weighted by Crippen LogP contribution is -2.06. The van der Waals surface area contributed by atoms with Crippen LogP contribution in [0.15, 0.2) is 28.6 Å². The Morgan fingerprint density at radius 3 is 2.81 bits per heavy atom. The molecule has 26 heavy (non-hydrogen) atoms. The third-order valence-corrected chi connectivity index (χ3v) is 6.37. The highest BCUT2D eigenvalue weighted by Gasteiger charge is 2.17. The number of nitrogens with zero attached hydrogens (tertiary/aromatic N) is 3. The van der Waals surface area contributed by atoms with Crippen LogP contribution >= 0.6 is 23.1 Å². The van der Waals surface area contributed by atoms with Crippen LogP contribution in [0.4, 0.5) is 5.69 Å². The van der Waals surface area contributed by atoms with Crippen LogP contribution in [0.5, 0.6) is 0 Å². The molecule has 6 nitrogen and oxygen atoms in total. The van der Waals surface area contributed by atoms with Crippen LogP contribution in [0.2, 0.25) is 0 Å². The van der Waals surface area contributed by atoms with Gasteiger partial charge in [0.05, 0.1) is 20.9 Å². The number of hydrogen-bond donors (Lipinski definition) is 0. The number of hydrogen-bond acceptors (Lipinski definition) is 6. The molecular formula is C18H19N3O3S2. The molecule has 136 valence electrons. The summed E-state index contributed by atoms with van der Waals surface area (Å²) in [5.74, 6) is 0.383. The fourth-order valence-corrected chi connectivity index (χ4v) is 4.91. The van der Waals surface area contributed by atoms with E-state index < -0.39 is 4.92 Å². The van der Waals surface area contributed by atoms with Crippen LogP contribution in [0, 0.1) is 24.0 Å². The van der Waals surface area contributed by atoms with Crippen molar-refractivity contribution in [1.82, 2.24) is 9.55 Å². The average Bonchev–Trinajstić information content (AvgIpc) is 3.14. The molecule has 0 N–H and O–H groups in total. The quantitative estimate of drug-likeness (QED) is 0.246. The Kier molecular flexibility index (Phi) is 5.43. The zero-order chi connectivity index (χ0) is 18.8. The summed E-state index contributed by atoms with van der Waals surface area (Å²) < 4.78 is 3.68. The number of nitro benzene ring substituents is 1. The minimum Gasteiger partial charge on any atom is -0.348 e. The molecule has 0 aliphatic rings. The molecule has 0 unspecified atom stereocenters. The van der Waals surface area contributed by atoms with Crippen LogP contribution in [-0.2, 0) is 6.54 Å². The third-order valence-electron chi connectivity index (χ3n) is 4.21. The summed E-state index contributed by atoms with van der Waals surface area (Å²) in [6, 6.07) is 6.57. The number of thioether (sulfide) groups is 1. The zero-order valence-electron chi connectivity index (χ0n) is 14.8. The third kappa shape index (κ3) is 3.66. The van der Waals surface area contributed by atoms with E-state index in [1.165, 1.54) is 35.2 Å². The molecule has 1 aromatic carbocycles. The van der Waals surface area contributed by atoms with Gasteiger partial charge in [0, 0.05) is 35.6 Å². The molecule has 0 atom stereocenters. The summed E-state index contributed by atoms with van der Waals surface area (Å²) >= 11 is 2.76. The number of aromatic nitrogens is 2. The SMILES string of the molecule is CCCn1c(C)cc(C(=O)CSc2nc3ccc([N+](=O)[O-])cc3s2)c1C. The van der Waals surface area contributed by atoms with E-state index in [0.717, 1.165) is 44.5 Å². The second-order valence-electron chi connectivity index (χ2n) is 6.04. The van der Waals surface area contributed by atoms with E-state index in [1.54, 1.807) is 6.07 Å². The van der Waals surface area contributed by atoms with Gasteiger partial charge in [0.2, 0.25) is 0 Å². The van der Waals surface area contributed by atoms with Gasteiger partial charge in [0.25, 0.3) is 5.69 Å². The second-order valence-corrected chi connectivity index (χ2v) is 8.29. The van der Waals surface area contributed by atoms with Crippen molar-refractivity contribution in [3.63, 3.8) is 0 Å². The Bertz CT molecular complexity index is 991. The van der Waals surface area contributed by atoms with Crippen molar-refractivity contribution in [3.05, 3.63) is 51.3 Å². The first-order valence-corrected chi connectivity index (χ1v) is 10.1. The molecular weight excluding hydrogens is 370 g/mol. The Morgan fingerprint density at radius 1 is 1.35 bits per heavy atom. The van der Waals surface area contributed by atoms with Gasteiger partial charge in [0.15, 0.2) is 10.1 Å². The number of carbonyl (C=O) groups is 1. The predicted octanol–water partition coefficient (Wildman–Crippen LogP) is 5.01. The Balaban J connectivity index is 1.74. The molecule has 3 aromatic rings. The summed E-state index contributed by atoms with van der Waals surface area (Å²) in [6.45, 7) is 7.03. The highest BCUT2D eigenvalue weighted by atomic mass is 32.2. The molecule has 0 bridgehead atoms. The molecule has 0 radical (unpaired) electrons. The van der Waals surface area contributed by atoms with Gasteiger partial charge in [-0.3, -0.25) is 14.9 Å². The Morgan fingerprint density at radius 2 is 2.12 bits per heavy atom. The number of fused-ring (bicyclic) bond motifs is 1. The summed E-state index contributed by atoms with van der Waals surface area (Å²) in [5, 5.41) is 10.9. The van der Waals surface area contributed by atoms with Crippen molar-refractivity contribution in [2.24, 2.45) is 0 Å². The first kappa shape index (κ1) is 18.6. The van der Waals surface area contributed by atoms with E-state index in [-0.39, 0.29) is 11.5 Å². The number of thiazole rings is 1. The minimum absolute atomic E-state index is 0.0529. The summed E-state index contributed by atoms with van der Waals surface area (Å²) in [6.07, 6.45) is 1.02. The smallest absolute Gasteiger partial charge is 0.270 e. The van der Waals surface area contributed by atoms with Gasteiger partial charge >= 0.3 is 0 Å². The normalized spacial score (nSPS) is 11.2. The molecule has 8 heteroatoms. The van der Waals surface area contributed by atoms with Crippen LogP contribution in [0.3, 0.4) is 0 Å². The standard InChI is InChI=1S/C18H19N3O3S2/c1-4-7-20-11(2)8-14(12(20)3)16(22)10-25-18-19-15-6-5-13(21(23)24)9-17(15)26-18/h5-6,8-9H,4,7,10H2,1-3H3. The molecule has 0 fully saturated rings. The number of benzene rings is 1. The number of carbonyl (C=O) groups excluding carboxylic acids is 1. The van der Waals surface area contributed by atoms with E-state index in [4.69, 9.17) is 0 Å². The number of aryl methyl sites for hydroxylation is 1. The summed E-state index contributed by atoms with van der Waals surface area (Å²) in [7, 11) is 0. The first-order chi connectivity index (χ1) is 12.4. The van der Waals surface area contributed by atoms with E-state index in [0.29, 0.717) is 5.75 Å². The van der Waals surface area contributed by atoms with Gasteiger partial charge in [-0.05, 0) is 32.4 Å². The van der Waals surface area contributed by atoms with Gasteiger partial charge in [-0.15, -0.1) is 11.3 Å². The van der Waals surface area contributed by atoms with Gasteiger partial charge in [-0.2, -0.15) is 0 Å². The highest BCUT2D eigenvalue weighted by Crippen LogP contribution is 2.32. The van der Waals surface area contributed by atoms with Crippen LogP contribution in [0.25, 0.3) is 10.2 Å². The Hall–Kier alpha value is -2.19. The molecule has 0 saturated carbocycles. The van der Waals surface area contributed by atoms with Crippen molar-refractivity contribution in [2.45, 2.75) is 38.1 Å². The maximum Gasteiger partial charge on any atom is 0.270 e. The molecule has 0 spiro atoms. The molecule has 0 aliphatic heterocycles. The number of non-ortho nitro benzene ring substituents is 1. The number of ketones is 1. The maximum atomic E-state index is 12.6. The van der Waals surface area contributed by atoms with Crippen molar-refractivity contribution in [2.75, 3.05) is 5.75 Å².